The second-order valence-electron chi connectivity index (χ2n) is 6.31. The van der Waals surface area contributed by atoms with Crippen molar-refractivity contribution in [1.29, 1.82) is 0 Å². The van der Waals surface area contributed by atoms with E-state index in [4.69, 9.17) is 4.74 Å². The van der Waals surface area contributed by atoms with Crippen molar-refractivity contribution in [2.75, 3.05) is 13.1 Å². The molecule has 25 heavy (non-hydrogen) atoms. The van der Waals surface area contributed by atoms with Crippen molar-refractivity contribution in [2.45, 2.75) is 20.5 Å². The minimum absolute atomic E-state index is 0.254. The van der Waals surface area contributed by atoms with Gasteiger partial charge in [-0.3, -0.25) is 0 Å². The van der Waals surface area contributed by atoms with Crippen molar-refractivity contribution in [3.05, 3.63) is 60.2 Å². The Morgan fingerprint density at radius 2 is 1.44 bits per heavy atom. The fourth-order valence-corrected chi connectivity index (χ4v) is 3.63. The fourth-order valence-electron chi connectivity index (χ4n) is 3.63. The molecule has 0 bridgehead atoms. The Hall–Kier alpha value is -2.81. The highest BCUT2D eigenvalue weighted by atomic mass is 16.6. The molecule has 0 aromatic heterocycles. The summed E-state index contributed by atoms with van der Waals surface area (Å²) in [5, 5.41) is 7.41. The minimum Gasteiger partial charge on any atom is -0.445 e. The molecule has 0 fully saturated rings. The van der Waals surface area contributed by atoms with Crippen LogP contribution in [0.1, 0.15) is 19.4 Å². The molecule has 0 atom stereocenters. The Morgan fingerprint density at radius 3 is 2.12 bits per heavy atom. The fraction of sp³-hybridized carbons (Fsp3) is 0.227. The lowest BCUT2D eigenvalue weighted by Gasteiger charge is -2.19. The third-order valence-electron chi connectivity index (χ3n) is 4.99. The Labute approximate surface area is 147 Å². The third kappa shape index (κ3) is 2.56. The highest BCUT2D eigenvalue weighted by molar-refractivity contribution is 6.23. The standard InChI is InChI=1S/C22H21NO2/c1-3-23(4-2)22(24)25-14-18-11-10-17-9-8-15-6-5-7-16-12-13-19(18)21(17)20(15)16/h5-13H,3-4,14H2,1-2H3. The summed E-state index contributed by atoms with van der Waals surface area (Å²) >= 11 is 0. The molecule has 0 spiro atoms. The number of benzene rings is 4. The molecular weight excluding hydrogens is 310 g/mol. The smallest absolute Gasteiger partial charge is 0.410 e. The maximum absolute atomic E-state index is 12.2. The van der Waals surface area contributed by atoms with Crippen LogP contribution >= 0.6 is 0 Å². The molecule has 0 N–H and O–H groups in total. The first-order valence-electron chi connectivity index (χ1n) is 8.80. The van der Waals surface area contributed by atoms with Crippen LogP contribution in [0, 0.1) is 0 Å². The van der Waals surface area contributed by atoms with Gasteiger partial charge in [0.25, 0.3) is 0 Å². The van der Waals surface area contributed by atoms with Crippen molar-refractivity contribution < 1.29 is 9.53 Å². The van der Waals surface area contributed by atoms with Crippen LogP contribution in [0.4, 0.5) is 4.79 Å². The van der Waals surface area contributed by atoms with Crippen molar-refractivity contribution in [1.82, 2.24) is 4.90 Å². The number of ether oxygens (including phenoxy) is 1. The molecule has 0 unspecified atom stereocenters. The lowest BCUT2D eigenvalue weighted by atomic mass is 9.92. The van der Waals surface area contributed by atoms with E-state index < -0.39 is 0 Å². The molecule has 0 aliphatic heterocycles. The molecular formula is C22H21NO2. The van der Waals surface area contributed by atoms with Crippen molar-refractivity contribution in [2.24, 2.45) is 0 Å². The molecule has 4 aromatic carbocycles. The molecule has 0 aliphatic rings. The second-order valence-corrected chi connectivity index (χ2v) is 6.31. The van der Waals surface area contributed by atoms with E-state index in [1.165, 1.54) is 26.9 Å². The summed E-state index contributed by atoms with van der Waals surface area (Å²) in [6.07, 6.45) is -0.254. The van der Waals surface area contributed by atoms with E-state index in [0.717, 1.165) is 10.9 Å². The summed E-state index contributed by atoms with van der Waals surface area (Å²) < 4.78 is 5.55. The van der Waals surface area contributed by atoms with Crippen LogP contribution in [-0.4, -0.2) is 24.1 Å². The van der Waals surface area contributed by atoms with E-state index >= 15 is 0 Å². The number of hydrogen-bond donors (Lipinski definition) is 0. The van der Waals surface area contributed by atoms with E-state index in [2.05, 4.69) is 54.6 Å². The van der Waals surface area contributed by atoms with Gasteiger partial charge in [-0.25, -0.2) is 4.79 Å². The molecule has 4 aromatic rings. The van der Waals surface area contributed by atoms with Gasteiger partial charge >= 0.3 is 6.09 Å². The van der Waals surface area contributed by atoms with Crippen LogP contribution in [0.3, 0.4) is 0 Å². The number of carbonyl (C=O) groups excluding carboxylic acids is 1. The van der Waals surface area contributed by atoms with Gasteiger partial charge in [0.05, 0.1) is 0 Å². The van der Waals surface area contributed by atoms with E-state index in [1.54, 1.807) is 4.90 Å². The monoisotopic (exact) mass is 331 g/mol. The number of rotatable bonds is 4. The summed E-state index contributed by atoms with van der Waals surface area (Å²) in [6.45, 7) is 5.53. The molecule has 0 aliphatic carbocycles. The van der Waals surface area contributed by atoms with Gasteiger partial charge in [-0.1, -0.05) is 54.6 Å². The summed E-state index contributed by atoms with van der Waals surface area (Å²) in [5.74, 6) is 0. The average Bonchev–Trinajstić information content (AvgIpc) is 2.66. The van der Waals surface area contributed by atoms with Crippen LogP contribution in [0.25, 0.3) is 32.3 Å². The van der Waals surface area contributed by atoms with Gasteiger partial charge in [0.15, 0.2) is 0 Å². The van der Waals surface area contributed by atoms with Gasteiger partial charge in [0, 0.05) is 13.1 Å². The number of nitrogens with zero attached hydrogens (tertiary/aromatic N) is 1. The zero-order valence-electron chi connectivity index (χ0n) is 14.6. The number of carbonyl (C=O) groups is 1. The molecule has 0 saturated heterocycles. The lowest BCUT2D eigenvalue weighted by molar-refractivity contribution is 0.100. The maximum atomic E-state index is 12.2. The first kappa shape index (κ1) is 15.7. The zero-order valence-corrected chi connectivity index (χ0v) is 14.6. The molecule has 3 nitrogen and oxygen atoms in total. The summed E-state index contributed by atoms with van der Waals surface area (Å²) in [7, 11) is 0. The van der Waals surface area contributed by atoms with Gasteiger partial charge < -0.3 is 9.64 Å². The highest BCUT2D eigenvalue weighted by Gasteiger charge is 2.14. The molecule has 0 heterocycles. The van der Waals surface area contributed by atoms with Crippen LogP contribution < -0.4 is 0 Å². The van der Waals surface area contributed by atoms with E-state index in [0.29, 0.717) is 19.7 Å². The van der Waals surface area contributed by atoms with Crippen LogP contribution in [-0.2, 0) is 11.3 Å². The van der Waals surface area contributed by atoms with Gasteiger partial charge in [0.2, 0.25) is 0 Å². The predicted molar refractivity (Wildman–Crippen MR) is 103 cm³/mol. The summed E-state index contributed by atoms with van der Waals surface area (Å²) in [6, 6.07) is 19.2. The van der Waals surface area contributed by atoms with Gasteiger partial charge in [0.1, 0.15) is 6.61 Å². The topological polar surface area (TPSA) is 29.5 Å². The van der Waals surface area contributed by atoms with Gasteiger partial charge in [-0.05, 0) is 51.7 Å². The normalized spacial score (nSPS) is 11.4. The highest BCUT2D eigenvalue weighted by Crippen LogP contribution is 2.36. The Morgan fingerprint density at radius 1 is 0.840 bits per heavy atom. The van der Waals surface area contributed by atoms with E-state index in [-0.39, 0.29) is 6.09 Å². The maximum Gasteiger partial charge on any atom is 0.410 e. The zero-order chi connectivity index (χ0) is 17.4. The average molecular weight is 331 g/mol. The number of amides is 1. The van der Waals surface area contributed by atoms with Crippen molar-refractivity contribution in [3.8, 4) is 0 Å². The van der Waals surface area contributed by atoms with E-state index in [1.807, 2.05) is 13.8 Å². The van der Waals surface area contributed by atoms with E-state index in [9.17, 15) is 4.79 Å². The molecule has 0 radical (unpaired) electrons. The molecule has 3 heteroatoms. The Balaban J connectivity index is 1.79. The summed E-state index contributed by atoms with van der Waals surface area (Å²) in [4.78, 5) is 13.8. The molecule has 0 saturated carbocycles. The lowest BCUT2D eigenvalue weighted by Crippen LogP contribution is -2.30. The summed E-state index contributed by atoms with van der Waals surface area (Å²) in [5.41, 5.74) is 1.05. The van der Waals surface area contributed by atoms with Gasteiger partial charge in [-0.2, -0.15) is 0 Å². The van der Waals surface area contributed by atoms with Crippen LogP contribution in [0.5, 0.6) is 0 Å². The molecule has 126 valence electrons. The quantitative estimate of drug-likeness (QED) is 0.458. The van der Waals surface area contributed by atoms with Crippen molar-refractivity contribution >= 4 is 38.4 Å². The van der Waals surface area contributed by atoms with Crippen LogP contribution in [0.15, 0.2) is 54.6 Å². The second kappa shape index (κ2) is 6.25. The Bertz CT molecular complexity index is 1030. The largest absolute Gasteiger partial charge is 0.445 e. The third-order valence-corrected chi connectivity index (χ3v) is 4.99. The first-order chi connectivity index (χ1) is 12.2. The van der Waals surface area contributed by atoms with Crippen molar-refractivity contribution in [3.63, 3.8) is 0 Å². The molecule has 4 rings (SSSR count). The molecule has 1 amide bonds. The Kier molecular flexibility index (Phi) is 3.92. The van der Waals surface area contributed by atoms with Crippen LogP contribution in [0.2, 0.25) is 0 Å². The minimum atomic E-state index is -0.254. The van der Waals surface area contributed by atoms with Gasteiger partial charge in [-0.15, -0.1) is 0 Å². The predicted octanol–water partition coefficient (Wildman–Crippen LogP) is 5.56. The SMILES string of the molecule is CCN(CC)C(=O)OCc1ccc2ccc3cccc4ccc1c2c34. The first-order valence-corrected chi connectivity index (χ1v) is 8.80. The number of hydrogen-bond acceptors (Lipinski definition) is 2.